The molecule has 1 nitrogen and oxygen atoms in total. The zero-order valence-electron chi connectivity index (χ0n) is 7.10. The van der Waals surface area contributed by atoms with E-state index in [0.29, 0.717) is 4.47 Å². The van der Waals surface area contributed by atoms with Crippen LogP contribution in [0.4, 0.5) is 8.78 Å². The minimum atomic E-state index is -0.647. The van der Waals surface area contributed by atoms with Gasteiger partial charge in [-0.05, 0) is 22.0 Å². The first-order chi connectivity index (χ1) is 6.65. The van der Waals surface area contributed by atoms with Gasteiger partial charge >= 0.3 is 0 Å². The average Bonchev–Trinajstić information content (AvgIpc) is 2.09. The van der Waals surface area contributed by atoms with Crippen molar-refractivity contribution in [2.45, 2.75) is 6.42 Å². The van der Waals surface area contributed by atoms with E-state index >= 15 is 0 Å². The van der Waals surface area contributed by atoms with Crippen LogP contribution < -0.4 is 0 Å². The largest absolute Gasteiger partial charge is 0.207 e. The Labute approximate surface area is 88.8 Å². The normalized spacial score (nSPS) is 10.4. The van der Waals surface area contributed by atoms with Gasteiger partial charge < -0.3 is 0 Å². The standard InChI is InChI=1S/C10H6BrF2N/c11-9-5-7(12)6-10(13)8(9)3-1-2-4-14/h1,3,5-6H,2H2. The molecule has 0 aromatic heterocycles. The lowest BCUT2D eigenvalue weighted by Crippen LogP contribution is -1.86. The number of benzene rings is 1. The van der Waals surface area contributed by atoms with Crippen LogP contribution in [0.5, 0.6) is 0 Å². The molecule has 0 spiro atoms. The van der Waals surface area contributed by atoms with E-state index in [0.717, 1.165) is 6.07 Å². The smallest absolute Gasteiger partial charge is 0.134 e. The summed E-state index contributed by atoms with van der Waals surface area (Å²) >= 11 is 3.04. The van der Waals surface area contributed by atoms with Gasteiger partial charge in [-0.3, -0.25) is 0 Å². The predicted octanol–water partition coefficient (Wildman–Crippen LogP) is 3.65. The average molecular weight is 258 g/mol. The highest BCUT2D eigenvalue weighted by atomic mass is 79.9. The maximum Gasteiger partial charge on any atom is 0.134 e. The second-order valence-electron chi connectivity index (χ2n) is 2.55. The fourth-order valence-corrected chi connectivity index (χ4v) is 1.48. The Hall–Kier alpha value is -1.21. The molecule has 0 amide bonds. The third-order valence-corrected chi connectivity index (χ3v) is 2.19. The second-order valence-corrected chi connectivity index (χ2v) is 3.40. The molecule has 0 aliphatic rings. The molecule has 0 fully saturated rings. The molecule has 0 saturated heterocycles. The lowest BCUT2D eigenvalue weighted by atomic mass is 10.2. The zero-order valence-corrected chi connectivity index (χ0v) is 8.68. The number of halogens is 3. The van der Waals surface area contributed by atoms with Gasteiger partial charge in [-0.1, -0.05) is 12.2 Å². The fraction of sp³-hybridized carbons (Fsp3) is 0.100. The summed E-state index contributed by atoms with van der Waals surface area (Å²) in [5.74, 6) is -1.28. The first-order valence-corrected chi connectivity index (χ1v) is 4.62. The quantitative estimate of drug-likeness (QED) is 0.794. The van der Waals surface area contributed by atoms with Gasteiger partial charge in [-0.15, -0.1) is 0 Å². The van der Waals surface area contributed by atoms with E-state index in [2.05, 4.69) is 15.9 Å². The van der Waals surface area contributed by atoms with Gasteiger partial charge in [0.1, 0.15) is 11.6 Å². The topological polar surface area (TPSA) is 23.8 Å². The van der Waals surface area contributed by atoms with Crippen molar-refractivity contribution in [3.8, 4) is 6.07 Å². The van der Waals surface area contributed by atoms with Crippen LogP contribution >= 0.6 is 15.9 Å². The van der Waals surface area contributed by atoms with Crippen LogP contribution in [0, 0.1) is 23.0 Å². The molecule has 0 heterocycles. The van der Waals surface area contributed by atoms with Gasteiger partial charge in [0.15, 0.2) is 0 Å². The molecule has 4 heteroatoms. The molecule has 0 unspecified atom stereocenters. The van der Waals surface area contributed by atoms with Gasteiger partial charge in [0.25, 0.3) is 0 Å². The first kappa shape index (κ1) is 10.9. The molecule has 72 valence electrons. The van der Waals surface area contributed by atoms with E-state index in [4.69, 9.17) is 5.26 Å². The van der Waals surface area contributed by atoms with Crippen LogP contribution in [-0.4, -0.2) is 0 Å². The number of allylic oxidation sites excluding steroid dienone is 1. The maximum atomic E-state index is 13.1. The van der Waals surface area contributed by atoms with Crippen molar-refractivity contribution < 1.29 is 8.78 Å². The Morgan fingerprint density at radius 3 is 2.71 bits per heavy atom. The molecule has 14 heavy (non-hydrogen) atoms. The van der Waals surface area contributed by atoms with Crippen molar-refractivity contribution in [3.05, 3.63) is 39.9 Å². The Morgan fingerprint density at radius 2 is 2.14 bits per heavy atom. The van der Waals surface area contributed by atoms with Crippen molar-refractivity contribution >= 4 is 22.0 Å². The molecule has 0 N–H and O–H groups in total. The fourth-order valence-electron chi connectivity index (χ4n) is 0.942. The maximum absolute atomic E-state index is 13.1. The Kier molecular flexibility index (Phi) is 3.78. The lowest BCUT2D eigenvalue weighted by molar-refractivity contribution is 0.580. The summed E-state index contributed by atoms with van der Waals surface area (Å²) in [6.07, 6.45) is 3.16. The van der Waals surface area contributed by atoms with Crippen molar-refractivity contribution in [2.24, 2.45) is 0 Å². The molecule has 0 aliphatic carbocycles. The van der Waals surface area contributed by atoms with Crippen LogP contribution in [0.1, 0.15) is 12.0 Å². The van der Waals surface area contributed by atoms with Crippen molar-refractivity contribution in [2.75, 3.05) is 0 Å². The van der Waals surface area contributed by atoms with Gasteiger partial charge in [-0.25, -0.2) is 8.78 Å². The zero-order chi connectivity index (χ0) is 10.6. The van der Waals surface area contributed by atoms with E-state index in [-0.39, 0.29) is 12.0 Å². The monoisotopic (exact) mass is 257 g/mol. The van der Waals surface area contributed by atoms with E-state index < -0.39 is 11.6 Å². The Morgan fingerprint density at radius 1 is 1.43 bits per heavy atom. The van der Waals surface area contributed by atoms with Crippen molar-refractivity contribution in [1.82, 2.24) is 0 Å². The van der Waals surface area contributed by atoms with Gasteiger partial charge in [0.05, 0.1) is 12.5 Å². The number of rotatable bonds is 2. The number of hydrogen-bond acceptors (Lipinski definition) is 1. The summed E-state index contributed by atoms with van der Waals surface area (Å²) in [6, 6.07) is 3.87. The highest BCUT2D eigenvalue weighted by molar-refractivity contribution is 9.10. The van der Waals surface area contributed by atoms with Crippen LogP contribution in [0.3, 0.4) is 0 Å². The summed E-state index contributed by atoms with van der Waals surface area (Å²) in [6.45, 7) is 0. The first-order valence-electron chi connectivity index (χ1n) is 3.83. The van der Waals surface area contributed by atoms with E-state index in [9.17, 15) is 8.78 Å². The summed E-state index contributed by atoms with van der Waals surface area (Å²) in [5.41, 5.74) is 0.252. The van der Waals surface area contributed by atoms with E-state index in [1.54, 1.807) is 0 Å². The van der Waals surface area contributed by atoms with Gasteiger partial charge in [0, 0.05) is 16.1 Å². The lowest BCUT2D eigenvalue weighted by Gasteiger charge is -2.00. The van der Waals surface area contributed by atoms with Crippen LogP contribution in [0.15, 0.2) is 22.7 Å². The molecule has 0 saturated carbocycles. The molecule has 0 bridgehead atoms. The number of hydrogen-bond donors (Lipinski definition) is 0. The summed E-state index contributed by atoms with van der Waals surface area (Å²) in [4.78, 5) is 0. The van der Waals surface area contributed by atoms with Crippen molar-refractivity contribution in [3.63, 3.8) is 0 Å². The highest BCUT2D eigenvalue weighted by Gasteiger charge is 2.05. The van der Waals surface area contributed by atoms with E-state index in [1.807, 2.05) is 6.07 Å². The van der Waals surface area contributed by atoms with Crippen molar-refractivity contribution in [1.29, 1.82) is 5.26 Å². The molecule has 0 atom stereocenters. The predicted molar refractivity (Wildman–Crippen MR) is 53.3 cm³/mol. The summed E-state index contributed by atoms with van der Waals surface area (Å²) < 4.78 is 26.1. The number of nitriles is 1. The Bertz CT molecular complexity index is 384. The molecular formula is C10H6BrF2N. The molecule has 1 aromatic rings. The van der Waals surface area contributed by atoms with Gasteiger partial charge in [-0.2, -0.15) is 5.26 Å². The van der Waals surface area contributed by atoms with Gasteiger partial charge in [0.2, 0.25) is 0 Å². The molecule has 1 aromatic carbocycles. The van der Waals surface area contributed by atoms with Crippen LogP contribution in [0.2, 0.25) is 0 Å². The summed E-state index contributed by atoms with van der Waals surface area (Å²) in [7, 11) is 0. The highest BCUT2D eigenvalue weighted by Crippen LogP contribution is 2.22. The molecule has 0 radical (unpaired) electrons. The number of nitrogens with zero attached hydrogens (tertiary/aromatic N) is 1. The third-order valence-electron chi connectivity index (χ3n) is 1.54. The summed E-state index contributed by atoms with van der Waals surface area (Å²) in [5, 5.41) is 8.26. The van der Waals surface area contributed by atoms with E-state index in [1.165, 1.54) is 18.2 Å². The van der Waals surface area contributed by atoms with Crippen LogP contribution in [0.25, 0.3) is 6.08 Å². The SMILES string of the molecule is N#CCC=Cc1c(F)cc(F)cc1Br. The molecule has 1 rings (SSSR count). The Balaban J connectivity index is 3.04. The molecular weight excluding hydrogens is 252 g/mol. The minimum Gasteiger partial charge on any atom is -0.207 e. The minimum absolute atomic E-state index is 0.198. The second kappa shape index (κ2) is 4.87. The molecule has 0 aliphatic heterocycles. The van der Waals surface area contributed by atoms with Crippen LogP contribution in [-0.2, 0) is 0 Å². The third kappa shape index (κ3) is 2.64.